The maximum absolute atomic E-state index is 12.4. The number of furan rings is 1. The minimum absolute atomic E-state index is 0.0146. The summed E-state index contributed by atoms with van der Waals surface area (Å²) in [4.78, 5) is 25.2. The quantitative estimate of drug-likeness (QED) is 0.837. The summed E-state index contributed by atoms with van der Waals surface area (Å²) >= 11 is 0. The van der Waals surface area contributed by atoms with Crippen molar-refractivity contribution in [1.29, 1.82) is 0 Å². The van der Waals surface area contributed by atoms with E-state index in [1.54, 1.807) is 18.5 Å². The third kappa shape index (κ3) is 1.90. The van der Waals surface area contributed by atoms with Crippen LogP contribution in [0.3, 0.4) is 0 Å². The Bertz CT molecular complexity index is 643. The Morgan fingerprint density at radius 2 is 2.05 bits per heavy atom. The molecule has 0 aromatic carbocycles. The van der Waals surface area contributed by atoms with Gasteiger partial charge in [-0.05, 0) is 25.0 Å². The van der Waals surface area contributed by atoms with Gasteiger partial charge in [0.1, 0.15) is 6.26 Å². The number of carbonyl (C=O) groups excluding carboxylic acids is 1. The van der Waals surface area contributed by atoms with Crippen LogP contribution in [-0.2, 0) is 0 Å². The molecule has 6 nitrogen and oxygen atoms in total. The summed E-state index contributed by atoms with van der Waals surface area (Å²) in [6.07, 6.45) is 8.61. The molecule has 21 heavy (non-hydrogen) atoms. The molecule has 2 aromatic heterocycles. The predicted octanol–water partition coefficient (Wildman–Crippen LogP) is 1.56. The molecule has 2 fully saturated rings. The molecule has 2 aliphatic heterocycles. The van der Waals surface area contributed by atoms with Gasteiger partial charge in [-0.1, -0.05) is 0 Å². The fourth-order valence-corrected chi connectivity index (χ4v) is 3.31. The first-order chi connectivity index (χ1) is 10.3. The first-order valence-corrected chi connectivity index (χ1v) is 7.15. The molecule has 1 spiro atoms. The highest BCUT2D eigenvalue weighted by atomic mass is 16.3. The third-order valence-corrected chi connectivity index (χ3v) is 4.55. The number of rotatable bonds is 2. The van der Waals surface area contributed by atoms with Crippen molar-refractivity contribution in [3.8, 4) is 0 Å². The van der Waals surface area contributed by atoms with Crippen molar-refractivity contribution in [2.45, 2.75) is 18.4 Å². The minimum Gasteiger partial charge on any atom is -0.472 e. The fraction of sp³-hybridized carbons (Fsp3) is 0.400. The fourth-order valence-electron chi connectivity index (χ4n) is 3.31. The van der Waals surface area contributed by atoms with E-state index >= 15 is 0 Å². The van der Waals surface area contributed by atoms with E-state index in [-0.39, 0.29) is 11.4 Å². The zero-order valence-electron chi connectivity index (χ0n) is 11.6. The molecule has 1 atom stereocenters. The van der Waals surface area contributed by atoms with Crippen molar-refractivity contribution < 1.29 is 9.21 Å². The Hall–Kier alpha value is -2.37. The van der Waals surface area contributed by atoms with Gasteiger partial charge in [0.2, 0.25) is 5.95 Å². The van der Waals surface area contributed by atoms with Crippen LogP contribution in [0.2, 0.25) is 0 Å². The van der Waals surface area contributed by atoms with Crippen molar-refractivity contribution in [3.05, 3.63) is 42.6 Å². The van der Waals surface area contributed by atoms with Crippen LogP contribution in [0.15, 0.2) is 41.5 Å². The molecule has 1 amide bonds. The second-order valence-corrected chi connectivity index (χ2v) is 5.66. The van der Waals surface area contributed by atoms with Gasteiger partial charge in [0.15, 0.2) is 0 Å². The van der Waals surface area contributed by atoms with Gasteiger partial charge in [-0.3, -0.25) is 4.79 Å². The van der Waals surface area contributed by atoms with Crippen LogP contribution in [0.5, 0.6) is 0 Å². The Balaban J connectivity index is 1.52. The number of hydrogen-bond acceptors (Lipinski definition) is 5. The molecule has 6 heteroatoms. The van der Waals surface area contributed by atoms with Gasteiger partial charge in [-0.25, -0.2) is 9.97 Å². The molecular weight excluding hydrogens is 268 g/mol. The Labute approximate surface area is 122 Å². The lowest BCUT2D eigenvalue weighted by Crippen LogP contribution is -2.62. The molecule has 4 rings (SSSR count). The molecule has 0 N–H and O–H groups in total. The van der Waals surface area contributed by atoms with Crippen molar-refractivity contribution in [2.75, 3.05) is 24.5 Å². The third-order valence-electron chi connectivity index (χ3n) is 4.55. The smallest absolute Gasteiger partial charge is 0.257 e. The number of hydrogen-bond donors (Lipinski definition) is 0. The first-order valence-electron chi connectivity index (χ1n) is 7.15. The highest BCUT2D eigenvalue weighted by molar-refractivity contribution is 5.94. The standard InChI is InChI=1S/C15H16N4O2/c20-13(12-2-9-21-10-12)18-7-3-15(11-18)4-8-19(15)14-16-5-1-6-17-14/h1-2,5-6,9-10H,3-4,7-8,11H2. The first kappa shape index (κ1) is 12.4. The molecule has 4 heterocycles. The van der Waals surface area contributed by atoms with E-state index in [0.29, 0.717) is 5.56 Å². The average molecular weight is 284 g/mol. The maximum Gasteiger partial charge on any atom is 0.257 e. The second-order valence-electron chi connectivity index (χ2n) is 5.66. The molecule has 0 saturated carbocycles. The normalized spacial score (nSPS) is 24.4. The van der Waals surface area contributed by atoms with Crippen LogP contribution >= 0.6 is 0 Å². The van der Waals surface area contributed by atoms with Crippen molar-refractivity contribution in [1.82, 2.24) is 14.9 Å². The molecule has 0 bridgehead atoms. The summed E-state index contributed by atoms with van der Waals surface area (Å²) in [5.41, 5.74) is 0.634. The lowest BCUT2D eigenvalue weighted by Gasteiger charge is -2.50. The zero-order valence-corrected chi connectivity index (χ0v) is 11.6. The zero-order chi connectivity index (χ0) is 14.3. The van der Waals surface area contributed by atoms with Gasteiger partial charge in [-0.15, -0.1) is 0 Å². The number of amides is 1. The summed E-state index contributed by atoms with van der Waals surface area (Å²) in [6, 6.07) is 3.53. The lowest BCUT2D eigenvalue weighted by atomic mass is 9.84. The molecule has 2 aromatic rings. The Morgan fingerprint density at radius 3 is 2.71 bits per heavy atom. The second kappa shape index (κ2) is 4.58. The largest absolute Gasteiger partial charge is 0.472 e. The molecule has 2 saturated heterocycles. The SMILES string of the molecule is O=C(c1ccoc1)N1CCC2(CCN2c2ncccn2)C1. The van der Waals surface area contributed by atoms with Gasteiger partial charge in [0.25, 0.3) is 5.91 Å². The summed E-state index contributed by atoms with van der Waals surface area (Å²) < 4.78 is 5.00. The topological polar surface area (TPSA) is 62.5 Å². The van der Waals surface area contributed by atoms with Gasteiger partial charge >= 0.3 is 0 Å². The predicted molar refractivity (Wildman–Crippen MR) is 76.0 cm³/mol. The van der Waals surface area contributed by atoms with Crippen LogP contribution in [0.1, 0.15) is 23.2 Å². The number of anilines is 1. The van der Waals surface area contributed by atoms with Gasteiger partial charge < -0.3 is 14.2 Å². The van der Waals surface area contributed by atoms with E-state index in [2.05, 4.69) is 14.9 Å². The van der Waals surface area contributed by atoms with Crippen LogP contribution in [-0.4, -0.2) is 45.9 Å². The number of carbonyl (C=O) groups is 1. The van der Waals surface area contributed by atoms with Gasteiger partial charge in [0, 0.05) is 32.0 Å². The van der Waals surface area contributed by atoms with E-state index < -0.39 is 0 Å². The van der Waals surface area contributed by atoms with Crippen molar-refractivity contribution in [3.63, 3.8) is 0 Å². The van der Waals surface area contributed by atoms with Crippen molar-refractivity contribution in [2.24, 2.45) is 0 Å². The van der Waals surface area contributed by atoms with Crippen molar-refractivity contribution >= 4 is 11.9 Å². The molecule has 1 unspecified atom stereocenters. The maximum atomic E-state index is 12.4. The van der Waals surface area contributed by atoms with Crippen LogP contribution < -0.4 is 4.90 Å². The average Bonchev–Trinajstić information content (AvgIpc) is 3.17. The molecule has 0 radical (unpaired) electrons. The summed E-state index contributed by atoms with van der Waals surface area (Å²) in [6.45, 7) is 2.46. The van der Waals surface area contributed by atoms with Gasteiger partial charge in [0.05, 0.1) is 17.4 Å². The highest BCUT2D eigenvalue weighted by Gasteiger charge is 2.51. The number of likely N-dealkylation sites (tertiary alicyclic amines) is 1. The Kier molecular flexibility index (Phi) is 2.70. The van der Waals surface area contributed by atoms with E-state index in [0.717, 1.165) is 38.4 Å². The minimum atomic E-state index is 0.0146. The van der Waals surface area contributed by atoms with Crippen LogP contribution in [0, 0.1) is 0 Å². The Morgan fingerprint density at radius 1 is 1.24 bits per heavy atom. The van der Waals surface area contributed by atoms with Crippen LogP contribution in [0.4, 0.5) is 5.95 Å². The van der Waals surface area contributed by atoms with Crippen LogP contribution in [0.25, 0.3) is 0 Å². The summed E-state index contributed by atoms with van der Waals surface area (Å²) in [7, 11) is 0. The highest BCUT2D eigenvalue weighted by Crippen LogP contribution is 2.41. The van der Waals surface area contributed by atoms with E-state index in [1.807, 2.05) is 11.0 Å². The van der Waals surface area contributed by atoms with Gasteiger partial charge in [-0.2, -0.15) is 0 Å². The summed E-state index contributed by atoms with van der Waals surface area (Å²) in [5, 5.41) is 0. The number of nitrogens with zero attached hydrogens (tertiary/aromatic N) is 4. The molecular formula is C15H16N4O2. The van der Waals surface area contributed by atoms with E-state index in [4.69, 9.17) is 4.42 Å². The molecule has 0 aliphatic carbocycles. The monoisotopic (exact) mass is 284 g/mol. The summed E-state index contributed by atoms with van der Waals surface area (Å²) in [5.74, 6) is 0.808. The molecule has 2 aliphatic rings. The lowest BCUT2D eigenvalue weighted by molar-refractivity contribution is 0.0775. The van der Waals surface area contributed by atoms with E-state index in [1.165, 1.54) is 12.5 Å². The number of aromatic nitrogens is 2. The molecule has 108 valence electrons. The van der Waals surface area contributed by atoms with E-state index in [9.17, 15) is 4.79 Å².